The van der Waals surface area contributed by atoms with Gasteiger partial charge in [-0.1, -0.05) is 12.5 Å². The Morgan fingerprint density at radius 2 is 1.79 bits per heavy atom. The minimum atomic E-state index is -3.52. The van der Waals surface area contributed by atoms with Gasteiger partial charge in [0.05, 0.1) is 4.90 Å². The van der Waals surface area contributed by atoms with Crippen molar-refractivity contribution >= 4 is 21.6 Å². The fraction of sp³-hybridized carbons (Fsp3) is 0.250. The van der Waals surface area contributed by atoms with E-state index in [4.69, 9.17) is 4.42 Å². The van der Waals surface area contributed by atoms with Crippen LogP contribution in [0.1, 0.15) is 29.6 Å². The Labute approximate surface area is 168 Å². The third kappa shape index (κ3) is 4.20. The van der Waals surface area contributed by atoms with Gasteiger partial charge in [0.1, 0.15) is 0 Å². The molecule has 1 fully saturated rings. The van der Waals surface area contributed by atoms with Crippen LogP contribution in [0.25, 0.3) is 11.5 Å². The van der Waals surface area contributed by atoms with Crippen molar-refractivity contribution in [1.29, 1.82) is 0 Å². The number of anilines is 1. The van der Waals surface area contributed by atoms with Gasteiger partial charge in [0.25, 0.3) is 5.91 Å². The average molecular weight is 412 g/mol. The lowest BCUT2D eigenvalue weighted by Crippen LogP contribution is -2.35. The molecule has 2 heterocycles. The zero-order valence-corrected chi connectivity index (χ0v) is 16.4. The number of hydrogen-bond donors (Lipinski definition) is 1. The SMILES string of the molecule is O=C(Nc1cccc(-c2nnco2)c1)c1ccc(S(=O)(=O)N2CCCCC2)cc1. The van der Waals surface area contributed by atoms with Crippen molar-refractivity contribution in [3.63, 3.8) is 0 Å². The summed E-state index contributed by atoms with van der Waals surface area (Å²) in [6.07, 6.45) is 4.05. The van der Waals surface area contributed by atoms with E-state index in [0.717, 1.165) is 19.3 Å². The van der Waals surface area contributed by atoms with E-state index in [1.165, 1.54) is 35.0 Å². The molecule has 1 N–H and O–H groups in total. The standard InChI is InChI=1S/C20H20N4O4S/c25-19(22-17-6-4-5-16(13-17)20-23-21-14-28-20)15-7-9-18(10-8-15)29(26,27)24-11-2-1-3-12-24/h4-10,13-14H,1-3,11-12H2,(H,22,25). The third-order valence-electron chi connectivity index (χ3n) is 4.80. The van der Waals surface area contributed by atoms with Crippen molar-refractivity contribution in [2.24, 2.45) is 0 Å². The molecule has 9 heteroatoms. The highest BCUT2D eigenvalue weighted by atomic mass is 32.2. The highest BCUT2D eigenvalue weighted by molar-refractivity contribution is 7.89. The van der Waals surface area contributed by atoms with Crippen molar-refractivity contribution in [1.82, 2.24) is 14.5 Å². The largest absolute Gasteiger partial charge is 0.423 e. The van der Waals surface area contributed by atoms with Gasteiger partial charge in [-0.05, 0) is 55.3 Å². The average Bonchev–Trinajstić information content (AvgIpc) is 3.30. The summed E-state index contributed by atoms with van der Waals surface area (Å²) in [6.45, 7) is 1.09. The van der Waals surface area contributed by atoms with Gasteiger partial charge in [-0.2, -0.15) is 4.31 Å². The molecule has 4 rings (SSSR count). The van der Waals surface area contributed by atoms with E-state index >= 15 is 0 Å². The van der Waals surface area contributed by atoms with Gasteiger partial charge in [0, 0.05) is 29.9 Å². The highest BCUT2D eigenvalue weighted by Gasteiger charge is 2.25. The van der Waals surface area contributed by atoms with Crippen LogP contribution in [0.5, 0.6) is 0 Å². The normalized spacial score (nSPS) is 15.2. The Morgan fingerprint density at radius 1 is 1.03 bits per heavy atom. The van der Waals surface area contributed by atoms with Gasteiger partial charge in [-0.15, -0.1) is 10.2 Å². The number of nitrogens with one attached hydrogen (secondary N) is 1. The fourth-order valence-corrected chi connectivity index (χ4v) is 4.78. The summed E-state index contributed by atoms with van der Waals surface area (Å²) < 4.78 is 32.1. The molecule has 0 atom stereocenters. The molecular formula is C20H20N4O4S. The van der Waals surface area contributed by atoms with Gasteiger partial charge in [-0.3, -0.25) is 4.79 Å². The number of carbonyl (C=O) groups excluding carboxylic acids is 1. The molecule has 0 radical (unpaired) electrons. The molecule has 2 aromatic carbocycles. The molecule has 0 aliphatic carbocycles. The topological polar surface area (TPSA) is 105 Å². The number of piperidine rings is 1. The first-order chi connectivity index (χ1) is 14.0. The Balaban J connectivity index is 1.48. The third-order valence-corrected chi connectivity index (χ3v) is 6.71. The molecule has 1 amide bonds. The number of hydrogen-bond acceptors (Lipinski definition) is 6. The molecule has 150 valence electrons. The molecule has 0 spiro atoms. The quantitative estimate of drug-likeness (QED) is 0.690. The number of benzene rings is 2. The first-order valence-corrected chi connectivity index (χ1v) is 10.8. The minimum Gasteiger partial charge on any atom is -0.423 e. The van der Waals surface area contributed by atoms with Gasteiger partial charge in [0.15, 0.2) is 0 Å². The van der Waals surface area contributed by atoms with Crippen LogP contribution >= 0.6 is 0 Å². The molecule has 1 aliphatic rings. The first kappa shape index (κ1) is 19.3. The molecule has 1 aliphatic heterocycles. The minimum absolute atomic E-state index is 0.203. The number of rotatable bonds is 5. The number of carbonyl (C=O) groups is 1. The van der Waals surface area contributed by atoms with Gasteiger partial charge in [0.2, 0.25) is 22.3 Å². The maximum Gasteiger partial charge on any atom is 0.255 e. The molecule has 1 saturated heterocycles. The van der Waals surface area contributed by atoms with E-state index in [1.54, 1.807) is 24.3 Å². The summed E-state index contributed by atoms with van der Waals surface area (Å²) in [5.74, 6) is 0.0166. The lowest BCUT2D eigenvalue weighted by Gasteiger charge is -2.25. The number of amides is 1. The van der Waals surface area contributed by atoms with Gasteiger partial charge in [-0.25, -0.2) is 8.42 Å². The second-order valence-corrected chi connectivity index (χ2v) is 8.71. The Hall–Kier alpha value is -3.04. The lowest BCUT2D eigenvalue weighted by atomic mass is 10.1. The van der Waals surface area contributed by atoms with Crippen LogP contribution in [0.15, 0.2) is 64.2 Å². The van der Waals surface area contributed by atoms with Crippen LogP contribution in [0.3, 0.4) is 0 Å². The summed E-state index contributed by atoms with van der Waals surface area (Å²) in [5.41, 5.74) is 1.62. The number of aromatic nitrogens is 2. The van der Waals surface area contributed by atoms with Crippen LogP contribution in [0, 0.1) is 0 Å². The summed E-state index contributed by atoms with van der Waals surface area (Å²) in [6, 6.07) is 13.0. The van der Waals surface area contributed by atoms with Crippen molar-refractivity contribution in [3.8, 4) is 11.5 Å². The van der Waals surface area contributed by atoms with Crippen LogP contribution in [0.2, 0.25) is 0 Å². The molecule has 0 saturated carbocycles. The van der Waals surface area contributed by atoms with Crippen LogP contribution in [0.4, 0.5) is 5.69 Å². The Morgan fingerprint density at radius 3 is 2.48 bits per heavy atom. The lowest BCUT2D eigenvalue weighted by molar-refractivity contribution is 0.102. The first-order valence-electron chi connectivity index (χ1n) is 9.32. The molecule has 0 unspecified atom stereocenters. The van der Waals surface area contributed by atoms with Crippen LogP contribution < -0.4 is 5.32 Å². The van der Waals surface area contributed by atoms with E-state index < -0.39 is 10.0 Å². The molecular weight excluding hydrogens is 392 g/mol. The fourth-order valence-electron chi connectivity index (χ4n) is 3.26. The van der Waals surface area contributed by atoms with Crippen molar-refractivity contribution in [2.75, 3.05) is 18.4 Å². The van der Waals surface area contributed by atoms with E-state index in [2.05, 4.69) is 15.5 Å². The monoisotopic (exact) mass is 412 g/mol. The van der Waals surface area contributed by atoms with Crippen LogP contribution in [-0.4, -0.2) is 41.9 Å². The summed E-state index contributed by atoms with van der Waals surface area (Å²) >= 11 is 0. The predicted molar refractivity (Wildman–Crippen MR) is 107 cm³/mol. The Kier molecular flexibility index (Phi) is 5.41. The maximum atomic E-state index is 12.7. The number of nitrogens with zero attached hydrogens (tertiary/aromatic N) is 3. The molecule has 0 bridgehead atoms. The van der Waals surface area contributed by atoms with Gasteiger partial charge >= 0.3 is 0 Å². The zero-order valence-electron chi connectivity index (χ0n) is 15.6. The summed E-state index contributed by atoms with van der Waals surface area (Å²) in [5, 5.41) is 10.3. The summed E-state index contributed by atoms with van der Waals surface area (Å²) in [7, 11) is -3.52. The molecule has 29 heavy (non-hydrogen) atoms. The van der Waals surface area contributed by atoms with E-state index in [1.807, 2.05) is 0 Å². The van der Waals surface area contributed by atoms with E-state index in [9.17, 15) is 13.2 Å². The second kappa shape index (κ2) is 8.14. The maximum absolute atomic E-state index is 12.7. The predicted octanol–water partition coefficient (Wildman–Crippen LogP) is 3.16. The molecule has 8 nitrogen and oxygen atoms in total. The molecule has 1 aromatic heterocycles. The van der Waals surface area contributed by atoms with Gasteiger partial charge < -0.3 is 9.73 Å². The summed E-state index contributed by atoms with van der Waals surface area (Å²) in [4.78, 5) is 12.8. The Bertz CT molecular complexity index is 1090. The van der Waals surface area contributed by atoms with E-state index in [-0.39, 0.29) is 10.8 Å². The zero-order chi connectivity index (χ0) is 20.3. The van der Waals surface area contributed by atoms with Crippen molar-refractivity contribution in [3.05, 3.63) is 60.5 Å². The van der Waals surface area contributed by atoms with Crippen molar-refractivity contribution in [2.45, 2.75) is 24.2 Å². The number of sulfonamides is 1. The molecule has 3 aromatic rings. The van der Waals surface area contributed by atoms with Crippen molar-refractivity contribution < 1.29 is 17.6 Å². The highest BCUT2D eigenvalue weighted by Crippen LogP contribution is 2.23. The smallest absolute Gasteiger partial charge is 0.255 e. The van der Waals surface area contributed by atoms with Crippen LogP contribution in [-0.2, 0) is 10.0 Å². The van der Waals surface area contributed by atoms with E-state index in [0.29, 0.717) is 35.8 Å². The second-order valence-electron chi connectivity index (χ2n) is 6.77.